The maximum Gasteiger partial charge on any atom is 0.243 e. The molecule has 0 N–H and O–H groups in total. The van der Waals surface area contributed by atoms with Crippen LogP contribution in [0.5, 0.6) is 0 Å². The second kappa shape index (κ2) is 9.40. The lowest BCUT2D eigenvalue weighted by Crippen LogP contribution is -2.50. The third kappa shape index (κ3) is 5.25. The highest BCUT2D eigenvalue weighted by Gasteiger charge is 2.30. The van der Waals surface area contributed by atoms with Crippen molar-refractivity contribution in [3.05, 3.63) is 48.3 Å². The van der Waals surface area contributed by atoms with Crippen LogP contribution in [0.2, 0.25) is 0 Å². The highest BCUT2D eigenvalue weighted by molar-refractivity contribution is 7.89. The molecule has 2 heterocycles. The van der Waals surface area contributed by atoms with Crippen molar-refractivity contribution in [3.63, 3.8) is 0 Å². The molecule has 1 aliphatic rings. The van der Waals surface area contributed by atoms with E-state index < -0.39 is 10.0 Å². The van der Waals surface area contributed by atoms with Gasteiger partial charge in [-0.1, -0.05) is 18.2 Å². The van der Waals surface area contributed by atoms with E-state index in [9.17, 15) is 18.0 Å². The van der Waals surface area contributed by atoms with Crippen LogP contribution in [0.4, 0.5) is 0 Å². The molecular formula is C20H27N5O4S. The summed E-state index contributed by atoms with van der Waals surface area (Å²) >= 11 is 0. The number of aryl methyl sites for hydroxylation is 1. The molecule has 0 unspecified atom stereocenters. The first-order chi connectivity index (χ1) is 14.3. The first-order valence-electron chi connectivity index (χ1n) is 9.82. The molecule has 1 saturated heterocycles. The largest absolute Gasteiger partial charge is 0.341 e. The van der Waals surface area contributed by atoms with E-state index >= 15 is 0 Å². The number of amides is 2. The van der Waals surface area contributed by atoms with Crippen molar-refractivity contribution < 1.29 is 18.0 Å². The van der Waals surface area contributed by atoms with Gasteiger partial charge in [0.2, 0.25) is 21.8 Å². The molecule has 0 spiro atoms. The molecule has 1 aromatic carbocycles. The predicted molar refractivity (Wildman–Crippen MR) is 111 cm³/mol. The average Bonchev–Trinajstić information content (AvgIpc) is 3.16. The summed E-state index contributed by atoms with van der Waals surface area (Å²) in [6, 6.07) is 8.29. The van der Waals surface area contributed by atoms with E-state index in [1.807, 2.05) is 13.2 Å². The van der Waals surface area contributed by atoms with E-state index in [2.05, 4.69) is 5.10 Å². The number of rotatable bonds is 7. The van der Waals surface area contributed by atoms with Gasteiger partial charge in [0, 0.05) is 71.4 Å². The van der Waals surface area contributed by atoms with Gasteiger partial charge in [0.25, 0.3) is 0 Å². The van der Waals surface area contributed by atoms with Crippen LogP contribution in [-0.4, -0.2) is 77.3 Å². The minimum Gasteiger partial charge on any atom is -0.341 e. The zero-order valence-electron chi connectivity index (χ0n) is 17.3. The molecule has 162 valence electrons. The fourth-order valence-electron chi connectivity index (χ4n) is 3.40. The van der Waals surface area contributed by atoms with Crippen LogP contribution in [0, 0.1) is 0 Å². The number of carbonyl (C=O) groups excluding carboxylic acids is 2. The van der Waals surface area contributed by atoms with Crippen molar-refractivity contribution in [2.24, 2.45) is 7.05 Å². The molecule has 1 aromatic heterocycles. The first-order valence-corrected chi connectivity index (χ1v) is 11.3. The summed E-state index contributed by atoms with van der Waals surface area (Å²) in [5.41, 5.74) is 0.926. The molecule has 2 aromatic rings. The normalized spacial score (nSPS) is 15.2. The first kappa shape index (κ1) is 22.0. The van der Waals surface area contributed by atoms with Gasteiger partial charge in [0.1, 0.15) is 0 Å². The fraction of sp³-hybridized carbons (Fsp3) is 0.450. The molecule has 0 bridgehead atoms. The highest BCUT2D eigenvalue weighted by Crippen LogP contribution is 2.17. The van der Waals surface area contributed by atoms with E-state index in [0.29, 0.717) is 19.6 Å². The molecule has 3 rings (SSSR count). The highest BCUT2D eigenvalue weighted by atomic mass is 32.2. The molecule has 10 heteroatoms. The van der Waals surface area contributed by atoms with Crippen molar-refractivity contribution in [1.29, 1.82) is 0 Å². The SMILES string of the molecule is CN(Cc1cnn(C)c1)C(=O)CCC(=O)N1CCN(S(=O)(=O)c2ccccc2)CC1. The molecule has 2 amide bonds. The summed E-state index contributed by atoms with van der Waals surface area (Å²) in [5.74, 6) is -0.243. The van der Waals surface area contributed by atoms with Crippen molar-refractivity contribution in [3.8, 4) is 0 Å². The van der Waals surface area contributed by atoms with Gasteiger partial charge in [-0.3, -0.25) is 14.3 Å². The van der Waals surface area contributed by atoms with E-state index in [-0.39, 0.29) is 42.6 Å². The van der Waals surface area contributed by atoms with Crippen LogP contribution in [0.3, 0.4) is 0 Å². The number of piperazine rings is 1. The molecule has 9 nitrogen and oxygen atoms in total. The van der Waals surface area contributed by atoms with Crippen LogP contribution in [-0.2, 0) is 33.2 Å². The summed E-state index contributed by atoms with van der Waals surface area (Å²) in [7, 11) is -0.0327. The Hall–Kier alpha value is -2.72. The smallest absolute Gasteiger partial charge is 0.243 e. The van der Waals surface area contributed by atoms with Gasteiger partial charge in [-0.15, -0.1) is 0 Å². The zero-order chi connectivity index (χ0) is 21.7. The lowest BCUT2D eigenvalue weighted by molar-refractivity contribution is -0.137. The average molecular weight is 434 g/mol. The van der Waals surface area contributed by atoms with E-state index in [4.69, 9.17) is 0 Å². The van der Waals surface area contributed by atoms with E-state index in [0.717, 1.165) is 5.56 Å². The monoisotopic (exact) mass is 433 g/mol. The minimum atomic E-state index is -3.55. The van der Waals surface area contributed by atoms with Crippen LogP contribution in [0.15, 0.2) is 47.6 Å². The second-order valence-corrected chi connectivity index (χ2v) is 9.31. The zero-order valence-corrected chi connectivity index (χ0v) is 18.1. The maximum atomic E-state index is 12.7. The summed E-state index contributed by atoms with van der Waals surface area (Å²) in [4.78, 5) is 28.3. The van der Waals surface area contributed by atoms with Crippen LogP contribution in [0.1, 0.15) is 18.4 Å². The Morgan fingerprint density at radius 2 is 1.73 bits per heavy atom. The lowest BCUT2D eigenvalue weighted by atomic mass is 10.2. The Kier molecular flexibility index (Phi) is 6.88. The van der Waals surface area contributed by atoms with Crippen molar-refractivity contribution in [2.45, 2.75) is 24.3 Å². The number of nitrogens with zero attached hydrogens (tertiary/aromatic N) is 5. The van der Waals surface area contributed by atoms with Crippen LogP contribution < -0.4 is 0 Å². The quantitative estimate of drug-likeness (QED) is 0.640. The van der Waals surface area contributed by atoms with Gasteiger partial charge in [-0.25, -0.2) is 8.42 Å². The number of sulfonamides is 1. The second-order valence-electron chi connectivity index (χ2n) is 7.37. The number of hydrogen-bond acceptors (Lipinski definition) is 5. The van der Waals surface area contributed by atoms with Gasteiger partial charge >= 0.3 is 0 Å². The van der Waals surface area contributed by atoms with E-state index in [1.165, 1.54) is 4.31 Å². The Labute approximate surface area is 176 Å². The third-order valence-electron chi connectivity index (χ3n) is 5.13. The number of benzene rings is 1. The number of hydrogen-bond donors (Lipinski definition) is 0. The van der Waals surface area contributed by atoms with Gasteiger partial charge in [-0.2, -0.15) is 9.40 Å². The third-order valence-corrected chi connectivity index (χ3v) is 7.04. The molecule has 0 aliphatic carbocycles. The molecule has 1 fully saturated rings. The van der Waals surface area contributed by atoms with E-state index in [1.54, 1.807) is 58.1 Å². The van der Waals surface area contributed by atoms with Crippen molar-refractivity contribution in [2.75, 3.05) is 33.2 Å². The molecular weight excluding hydrogens is 406 g/mol. The molecule has 0 radical (unpaired) electrons. The number of aromatic nitrogens is 2. The Bertz CT molecular complexity index is 982. The minimum absolute atomic E-state index is 0.113. The number of carbonyl (C=O) groups is 2. The van der Waals surface area contributed by atoms with Crippen LogP contribution >= 0.6 is 0 Å². The van der Waals surface area contributed by atoms with Gasteiger partial charge in [0.05, 0.1) is 11.1 Å². The fourth-order valence-corrected chi connectivity index (χ4v) is 4.84. The van der Waals surface area contributed by atoms with Crippen molar-refractivity contribution in [1.82, 2.24) is 23.9 Å². The lowest BCUT2D eigenvalue weighted by Gasteiger charge is -2.34. The van der Waals surface area contributed by atoms with Gasteiger partial charge < -0.3 is 9.80 Å². The topological polar surface area (TPSA) is 95.8 Å². The summed E-state index contributed by atoms with van der Waals surface area (Å²) in [6.07, 6.45) is 3.79. The standard InChI is InChI=1S/C20H27N5O4S/c1-22(15-17-14-21-23(2)16-17)19(26)8-9-20(27)24-10-12-25(13-11-24)30(28,29)18-6-4-3-5-7-18/h3-7,14,16H,8-13,15H2,1-2H3. The Morgan fingerprint density at radius 1 is 1.07 bits per heavy atom. The molecule has 0 saturated carbocycles. The Morgan fingerprint density at radius 3 is 2.33 bits per heavy atom. The summed E-state index contributed by atoms with van der Waals surface area (Å²) in [6.45, 7) is 1.59. The molecule has 30 heavy (non-hydrogen) atoms. The Balaban J connectivity index is 1.45. The predicted octanol–water partition coefficient (Wildman–Crippen LogP) is 0.692. The molecule has 0 atom stereocenters. The maximum absolute atomic E-state index is 12.7. The van der Waals surface area contributed by atoms with Gasteiger partial charge in [0.15, 0.2) is 0 Å². The van der Waals surface area contributed by atoms with Gasteiger partial charge in [-0.05, 0) is 12.1 Å². The van der Waals surface area contributed by atoms with Crippen molar-refractivity contribution >= 4 is 21.8 Å². The summed E-state index contributed by atoms with van der Waals surface area (Å²) in [5, 5.41) is 4.08. The van der Waals surface area contributed by atoms with Crippen LogP contribution in [0.25, 0.3) is 0 Å². The molecule has 1 aliphatic heterocycles. The summed E-state index contributed by atoms with van der Waals surface area (Å²) < 4.78 is 28.4.